The Morgan fingerprint density at radius 1 is 1.21 bits per heavy atom. The van der Waals surface area contributed by atoms with E-state index in [-0.39, 0.29) is 12.2 Å². The molecule has 1 spiro atoms. The van der Waals surface area contributed by atoms with Crippen LogP contribution in [0.2, 0.25) is 0 Å². The van der Waals surface area contributed by atoms with E-state index in [4.69, 9.17) is 18.9 Å². The van der Waals surface area contributed by atoms with Gasteiger partial charge in [-0.25, -0.2) is 0 Å². The molecule has 5 nitrogen and oxygen atoms in total. The van der Waals surface area contributed by atoms with Gasteiger partial charge in [0.25, 0.3) is 0 Å². The van der Waals surface area contributed by atoms with Crippen molar-refractivity contribution >= 4 is 6.29 Å². The topological polar surface area (TPSA) is 54.0 Å². The van der Waals surface area contributed by atoms with E-state index < -0.39 is 5.79 Å². The molecular formula is C23H34O5. The molecule has 1 aromatic rings. The predicted molar refractivity (Wildman–Crippen MR) is 108 cm³/mol. The number of fused-ring (bicyclic) bond motifs is 2. The van der Waals surface area contributed by atoms with Crippen molar-refractivity contribution in [2.24, 2.45) is 0 Å². The molecule has 2 aliphatic rings. The SMILES string of the molecule is CCCCOCC1C[C@H](OCCCC)C[C@@]2(OCc3cc(C)c(C=O)cc32)O1. The van der Waals surface area contributed by atoms with E-state index in [0.29, 0.717) is 25.2 Å². The molecular weight excluding hydrogens is 356 g/mol. The molecule has 3 atom stereocenters. The van der Waals surface area contributed by atoms with E-state index in [2.05, 4.69) is 13.8 Å². The van der Waals surface area contributed by atoms with Crippen LogP contribution in [0, 0.1) is 6.92 Å². The fourth-order valence-corrected chi connectivity index (χ4v) is 4.05. The summed E-state index contributed by atoms with van der Waals surface area (Å²) in [6.07, 6.45) is 6.67. The van der Waals surface area contributed by atoms with Crippen LogP contribution in [0.25, 0.3) is 0 Å². The zero-order valence-corrected chi connectivity index (χ0v) is 17.5. The van der Waals surface area contributed by atoms with Gasteiger partial charge in [-0.15, -0.1) is 0 Å². The highest BCUT2D eigenvalue weighted by atomic mass is 16.7. The van der Waals surface area contributed by atoms with Gasteiger partial charge in [0.1, 0.15) is 6.29 Å². The second-order valence-corrected chi connectivity index (χ2v) is 7.98. The minimum absolute atomic E-state index is 0.0620. The van der Waals surface area contributed by atoms with Gasteiger partial charge in [-0.2, -0.15) is 0 Å². The number of carbonyl (C=O) groups excluding carboxylic acids is 1. The molecule has 0 aromatic heterocycles. The van der Waals surface area contributed by atoms with Gasteiger partial charge in [0.2, 0.25) is 0 Å². The first kappa shape index (κ1) is 21.4. The van der Waals surface area contributed by atoms with Crippen LogP contribution in [0.3, 0.4) is 0 Å². The van der Waals surface area contributed by atoms with Crippen LogP contribution in [0.5, 0.6) is 0 Å². The summed E-state index contributed by atoms with van der Waals surface area (Å²) in [6, 6.07) is 3.99. The molecule has 0 saturated carbocycles. The fourth-order valence-electron chi connectivity index (χ4n) is 4.05. The summed E-state index contributed by atoms with van der Waals surface area (Å²) < 4.78 is 24.7. The lowest BCUT2D eigenvalue weighted by Crippen LogP contribution is -2.46. The van der Waals surface area contributed by atoms with Gasteiger partial charge in [0.15, 0.2) is 5.79 Å². The first-order chi connectivity index (χ1) is 13.6. The molecule has 2 aliphatic heterocycles. The molecule has 0 amide bonds. The van der Waals surface area contributed by atoms with Gasteiger partial charge in [0, 0.05) is 37.2 Å². The summed E-state index contributed by atoms with van der Waals surface area (Å²) in [5, 5.41) is 0. The lowest BCUT2D eigenvalue weighted by Gasteiger charge is -2.42. The number of rotatable bonds is 10. The third-order valence-corrected chi connectivity index (χ3v) is 5.67. The van der Waals surface area contributed by atoms with Crippen molar-refractivity contribution in [2.45, 2.75) is 83.9 Å². The van der Waals surface area contributed by atoms with Crippen molar-refractivity contribution in [1.82, 2.24) is 0 Å². The lowest BCUT2D eigenvalue weighted by molar-refractivity contribution is -0.308. The van der Waals surface area contributed by atoms with E-state index >= 15 is 0 Å². The van der Waals surface area contributed by atoms with Gasteiger partial charge < -0.3 is 18.9 Å². The Kier molecular flexibility index (Phi) is 7.63. The standard InChI is InChI=1S/C23H34O5/c1-4-6-8-25-16-21-12-20(26-9-7-5-2)13-23(28-21)22-11-18(14-24)17(3)10-19(22)15-27-23/h10-11,14,20-21H,4-9,12-13,15-16H2,1-3H3/t20-,21?,23+/m0/s1. The molecule has 3 rings (SSSR count). The Bertz CT molecular complexity index is 659. The lowest BCUT2D eigenvalue weighted by atomic mass is 9.89. The summed E-state index contributed by atoms with van der Waals surface area (Å²) in [5.41, 5.74) is 3.74. The molecule has 1 saturated heterocycles. The molecule has 2 heterocycles. The molecule has 156 valence electrons. The molecule has 5 heteroatoms. The van der Waals surface area contributed by atoms with Crippen molar-refractivity contribution in [3.63, 3.8) is 0 Å². The third-order valence-electron chi connectivity index (χ3n) is 5.67. The van der Waals surface area contributed by atoms with E-state index in [9.17, 15) is 4.79 Å². The van der Waals surface area contributed by atoms with Crippen LogP contribution in [0.15, 0.2) is 12.1 Å². The number of ether oxygens (including phenoxy) is 4. The largest absolute Gasteiger partial charge is 0.379 e. The minimum Gasteiger partial charge on any atom is -0.379 e. The first-order valence-electron chi connectivity index (χ1n) is 10.7. The van der Waals surface area contributed by atoms with Crippen molar-refractivity contribution in [3.05, 3.63) is 34.4 Å². The number of unbranched alkanes of at least 4 members (excludes halogenated alkanes) is 2. The van der Waals surface area contributed by atoms with Gasteiger partial charge in [-0.05, 0) is 37.0 Å². The highest BCUT2D eigenvalue weighted by Gasteiger charge is 2.49. The Morgan fingerprint density at radius 3 is 2.75 bits per heavy atom. The number of benzene rings is 1. The van der Waals surface area contributed by atoms with Crippen LogP contribution in [0.4, 0.5) is 0 Å². The predicted octanol–water partition coefficient (Wildman–Crippen LogP) is 4.67. The van der Waals surface area contributed by atoms with E-state index in [1.54, 1.807) is 0 Å². The molecule has 0 N–H and O–H groups in total. The Balaban J connectivity index is 1.79. The zero-order valence-electron chi connectivity index (χ0n) is 17.5. The maximum atomic E-state index is 11.5. The van der Waals surface area contributed by atoms with Gasteiger partial charge >= 0.3 is 0 Å². The molecule has 0 bridgehead atoms. The molecule has 1 aromatic carbocycles. The monoisotopic (exact) mass is 390 g/mol. The van der Waals surface area contributed by atoms with E-state index in [1.807, 2.05) is 19.1 Å². The summed E-state index contributed by atoms with van der Waals surface area (Å²) in [7, 11) is 0. The van der Waals surface area contributed by atoms with Crippen LogP contribution in [-0.4, -0.2) is 38.3 Å². The van der Waals surface area contributed by atoms with Gasteiger partial charge in [0.05, 0.1) is 25.4 Å². The van der Waals surface area contributed by atoms with Crippen LogP contribution < -0.4 is 0 Å². The molecule has 28 heavy (non-hydrogen) atoms. The molecule has 1 fully saturated rings. The quantitative estimate of drug-likeness (QED) is 0.429. The van der Waals surface area contributed by atoms with Crippen LogP contribution in [-0.2, 0) is 31.3 Å². The Hall–Kier alpha value is -1.27. The maximum Gasteiger partial charge on any atom is 0.198 e. The molecule has 0 aliphatic carbocycles. The van der Waals surface area contributed by atoms with Crippen LogP contribution >= 0.6 is 0 Å². The molecule has 0 radical (unpaired) electrons. The fraction of sp³-hybridized carbons (Fsp3) is 0.696. The average molecular weight is 391 g/mol. The van der Waals surface area contributed by atoms with Gasteiger partial charge in [-0.1, -0.05) is 32.8 Å². The summed E-state index contributed by atoms with van der Waals surface area (Å²) in [5.74, 6) is -0.839. The zero-order chi connectivity index (χ0) is 20.0. The summed E-state index contributed by atoms with van der Waals surface area (Å²) >= 11 is 0. The minimum atomic E-state index is -0.839. The normalized spacial score (nSPS) is 26.5. The Labute approximate surface area is 168 Å². The second kappa shape index (κ2) is 9.97. The average Bonchev–Trinajstić information content (AvgIpc) is 3.01. The number of carbonyl (C=O) groups is 1. The van der Waals surface area contributed by atoms with Crippen LogP contribution in [0.1, 0.15) is 79.4 Å². The summed E-state index contributed by atoms with van der Waals surface area (Å²) in [4.78, 5) is 11.5. The van der Waals surface area contributed by atoms with Gasteiger partial charge in [-0.3, -0.25) is 4.79 Å². The first-order valence-corrected chi connectivity index (χ1v) is 10.7. The Morgan fingerprint density at radius 2 is 2.00 bits per heavy atom. The summed E-state index contributed by atoms with van der Waals surface area (Å²) in [6.45, 7) is 8.82. The van der Waals surface area contributed by atoms with Crippen molar-refractivity contribution in [1.29, 1.82) is 0 Å². The van der Waals surface area contributed by atoms with E-state index in [1.165, 1.54) is 0 Å². The van der Waals surface area contributed by atoms with Crippen molar-refractivity contribution < 1.29 is 23.7 Å². The third kappa shape index (κ3) is 4.82. The van der Waals surface area contributed by atoms with Crippen molar-refractivity contribution in [3.8, 4) is 0 Å². The number of hydrogen-bond donors (Lipinski definition) is 0. The number of aldehydes is 1. The highest BCUT2D eigenvalue weighted by Crippen LogP contribution is 2.46. The highest BCUT2D eigenvalue weighted by molar-refractivity contribution is 5.78. The van der Waals surface area contributed by atoms with E-state index in [0.717, 1.165) is 68.3 Å². The maximum absolute atomic E-state index is 11.5. The second-order valence-electron chi connectivity index (χ2n) is 7.98. The van der Waals surface area contributed by atoms with Crippen molar-refractivity contribution in [2.75, 3.05) is 19.8 Å². The number of hydrogen-bond acceptors (Lipinski definition) is 5. The number of aryl methyl sites for hydroxylation is 1. The molecule has 1 unspecified atom stereocenters. The smallest absolute Gasteiger partial charge is 0.198 e.